The maximum Gasteiger partial charge on any atom is 0.240 e. The predicted molar refractivity (Wildman–Crippen MR) is 105 cm³/mol. The number of rotatable bonds is 4. The van der Waals surface area contributed by atoms with Gasteiger partial charge in [-0.2, -0.15) is 0 Å². The summed E-state index contributed by atoms with van der Waals surface area (Å²) in [6.07, 6.45) is 0. The Kier molecular flexibility index (Phi) is 4.35. The Balaban J connectivity index is 1.68. The molecule has 0 fully saturated rings. The van der Waals surface area contributed by atoms with Crippen LogP contribution >= 0.6 is 11.6 Å². The van der Waals surface area contributed by atoms with Crippen LogP contribution in [-0.4, -0.2) is 15.0 Å². The Morgan fingerprint density at radius 2 is 1.62 bits per heavy atom. The van der Waals surface area contributed by atoms with Crippen molar-refractivity contribution in [3.8, 4) is 11.1 Å². The second kappa shape index (κ2) is 6.54. The van der Waals surface area contributed by atoms with Crippen LogP contribution in [0.3, 0.4) is 0 Å². The maximum atomic E-state index is 12.7. The van der Waals surface area contributed by atoms with Crippen molar-refractivity contribution in [2.24, 2.45) is 0 Å². The molecule has 1 aliphatic carbocycles. The van der Waals surface area contributed by atoms with Gasteiger partial charge in [0.05, 0.1) is 4.90 Å². The normalized spacial score (nSPS) is 15.5. The fraction of sp³-hybridized carbons (Fsp3) is 0.143. The summed E-state index contributed by atoms with van der Waals surface area (Å²) in [5.74, 6) is -0.102. The molecule has 0 heterocycles. The highest BCUT2D eigenvalue weighted by Gasteiger charge is 2.31. The summed E-state index contributed by atoms with van der Waals surface area (Å²) < 4.78 is 28.1. The van der Waals surface area contributed by atoms with Crippen molar-refractivity contribution >= 4 is 21.6 Å². The van der Waals surface area contributed by atoms with Crippen LogP contribution in [0.2, 0.25) is 5.02 Å². The fourth-order valence-electron chi connectivity index (χ4n) is 3.53. The van der Waals surface area contributed by atoms with Crippen molar-refractivity contribution in [2.75, 3.05) is 6.54 Å². The van der Waals surface area contributed by atoms with Crippen LogP contribution in [0, 0.1) is 6.92 Å². The molecule has 5 heteroatoms. The van der Waals surface area contributed by atoms with E-state index in [4.69, 9.17) is 11.6 Å². The Bertz CT molecular complexity index is 1080. The SMILES string of the molecule is Cc1ccc(S(=O)(=O)NCC2c3ccccc3-c3cccc(Cl)c32)cc1. The maximum absolute atomic E-state index is 12.7. The van der Waals surface area contributed by atoms with Gasteiger partial charge in [0.15, 0.2) is 0 Å². The average molecular weight is 384 g/mol. The predicted octanol–water partition coefficient (Wildman–Crippen LogP) is 4.74. The van der Waals surface area contributed by atoms with Crippen LogP contribution < -0.4 is 4.72 Å². The molecule has 0 saturated carbocycles. The van der Waals surface area contributed by atoms with Crippen LogP contribution in [0.25, 0.3) is 11.1 Å². The van der Waals surface area contributed by atoms with E-state index in [-0.39, 0.29) is 17.4 Å². The molecule has 0 aromatic heterocycles. The van der Waals surface area contributed by atoms with Gasteiger partial charge in [-0.05, 0) is 47.4 Å². The molecule has 0 spiro atoms. The van der Waals surface area contributed by atoms with Crippen molar-refractivity contribution in [2.45, 2.75) is 17.7 Å². The summed E-state index contributed by atoms with van der Waals surface area (Å²) in [7, 11) is -3.58. The van der Waals surface area contributed by atoms with E-state index in [9.17, 15) is 8.42 Å². The summed E-state index contributed by atoms with van der Waals surface area (Å²) in [6.45, 7) is 2.20. The number of fused-ring (bicyclic) bond motifs is 3. The molecule has 1 N–H and O–H groups in total. The molecular formula is C21H18ClNO2S. The van der Waals surface area contributed by atoms with Crippen LogP contribution in [0.1, 0.15) is 22.6 Å². The number of hydrogen-bond donors (Lipinski definition) is 1. The fourth-order valence-corrected chi connectivity index (χ4v) is 4.89. The first kappa shape index (κ1) is 17.3. The average Bonchev–Trinajstić information content (AvgIpc) is 2.96. The smallest absolute Gasteiger partial charge is 0.210 e. The highest BCUT2D eigenvalue weighted by molar-refractivity contribution is 7.89. The molecule has 3 aromatic carbocycles. The zero-order chi connectivity index (χ0) is 18.3. The Hall–Kier alpha value is -2.14. The second-order valence-corrected chi connectivity index (χ2v) is 8.68. The summed E-state index contributed by atoms with van der Waals surface area (Å²) in [6, 6.07) is 20.7. The molecule has 3 nitrogen and oxygen atoms in total. The first-order valence-electron chi connectivity index (χ1n) is 8.41. The standard InChI is InChI=1S/C21H18ClNO2S/c1-14-9-11-15(12-10-14)26(24,25)23-13-19-17-6-3-2-5-16(17)18-7-4-8-20(22)21(18)19/h2-12,19,23H,13H2,1H3. The van der Waals surface area contributed by atoms with E-state index in [2.05, 4.69) is 10.8 Å². The van der Waals surface area contributed by atoms with E-state index in [0.29, 0.717) is 5.02 Å². The van der Waals surface area contributed by atoms with Gasteiger partial charge in [-0.25, -0.2) is 13.1 Å². The largest absolute Gasteiger partial charge is 0.240 e. The van der Waals surface area contributed by atoms with E-state index in [1.54, 1.807) is 24.3 Å². The highest BCUT2D eigenvalue weighted by atomic mass is 35.5. The molecule has 1 atom stereocenters. The third-order valence-electron chi connectivity index (χ3n) is 4.84. The van der Waals surface area contributed by atoms with E-state index >= 15 is 0 Å². The zero-order valence-corrected chi connectivity index (χ0v) is 15.8. The number of aryl methyl sites for hydroxylation is 1. The molecule has 4 rings (SSSR count). The zero-order valence-electron chi connectivity index (χ0n) is 14.2. The minimum absolute atomic E-state index is 0.102. The quantitative estimate of drug-likeness (QED) is 0.707. The van der Waals surface area contributed by atoms with Crippen molar-refractivity contribution in [3.63, 3.8) is 0 Å². The van der Waals surface area contributed by atoms with Crippen LogP contribution in [0.4, 0.5) is 0 Å². The summed E-state index contributed by atoms with van der Waals surface area (Å²) in [5.41, 5.74) is 5.30. The number of sulfonamides is 1. The molecule has 0 radical (unpaired) electrons. The molecule has 1 unspecified atom stereocenters. The molecule has 0 bridgehead atoms. The van der Waals surface area contributed by atoms with Gasteiger partial charge in [0.1, 0.15) is 0 Å². The minimum Gasteiger partial charge on any atom is -0.210 e. The first-order chi connectivity index (χ1) is 12.5. The molecule has 0 amide bonds. The molecule has 0 saturated heterocycles. The van der Waals surface area contributed by atoms with Gasteiger partial charge in [-0.1, -0.05) is 65.7 Å². The summed E-state index contributed by atoms with van der Waals surface area (Å²) in [4.78, 5) is 0.272. The Morgan fingerprint density at radius 3 is 2.38 bits per heavy atom. The van der Waals surface area contributed by atoms with Crippen molar-refractivity contribution in [3.05, 3.63) is 88.4 Å². The lowest BCUT2D eigenvalue weighted by molar-refractivity contribution is 0.578. The van der Waals surface area contributed by atoms with Gasteiger partial charge in [-0.15, -0.1) is 0 Å². The van der Waals surface area contributed by atoms with Crippen LogP contribution in [-0.2, 0) is 10.0 Å². The van der Waals surface area contributed by atoms with E-state index < -0.39 is 10.0 Å². The molecule has 0 aliphatic heterocycles. The summed E-state index contributed by atoms with van der Waals surface area (Å²) in [5, 5.41) is 0.665. The van der Waals surface area contributed by atoms with Gasteiger partial charge in [0, 0.05) is 17.5 Å². The lowest BCUT2D eigenvalue weighted by Gasteiger charge is -2.16. The second-order valence-electron chi connectivity index (χ2n) is 6.51. The van der Waals surface area contributed by atoms with Gasteiger partial charge in [-0.3, -0.25) is 0 Å². The topological polar surface area (TPSA) is 46.2 Å². The number of nitrogens with one attached hydrogen (secondary N) is 1. The highest BCUT2D eigenvalue weighted by Crippen LogP contribution is 2.47. The monoisotopic (exact) mass is 383 g/mol. The first-order valence-corrected chi connectivity index (χ1v) is 10.3. The number of benzene rings is 3. The van der Waals surface area contributed by atoms with Gasteiger partial charge in [0.2, 0.25) is 10.0 Å². The Morgan fingerprint density at radius 1 is 0.923 bits per heavy atom. The van der Waals surface area contributed by atoms with Gasteiger partial charge in [0.25, 0.3) is 0 Å². The van der Waals surface area contributed by atoms with E-state index in [0.717, 1.165) is 27.8 Å². The molecule has 26 heavy (non-hydrogen) atoms. The van der Waals surface area contributed by atoms with Gasteiger partial charge >= 0.3 is 0 Å². The minimum atomic E-state index is -3.58. The lowest BCUT2D eigenvalue weighted by Crippen LogP contribution is -2.28. The van der Waals surface area contributed by atoms with Crippen molar-refractivity contribution in [1.29, 1.82) is 0 Å². The lowest BCUT2D eigenvalue weighted by atomic mass is 9.97. The third kappa shape index (κ3) is 2.94. The van der Waals surface area contributed by atoms with Gasteiger partial charge < -0.3 is 0 Å². The van der Waals surface area contributed by atoms with Crippen molar-refractivity contribution < 1.29 is 8.42 Å². The van der Waals surface area contributed by atoms with Crippen molar-refractivity contribution in [1.82, 2.24) is 4.72 Å². The molecule has 1 aliphatic rings. The Labute approximate surface area is 158 Å². The molecule has 3 aromatic rings. The number of hydrogen-bond acceptors (Lipinski definition) is 2. The molecule has 132 valence electrons. The van der Waals surface area contributed by atoms with Crippen LogP contribution in [0.5, 0.6) is 0 Å². The van der Waals surface area contributed by atoms with E-state index in [1.807, 2.05) is 43.3 Å². The molecular weight excluding hydrogens is 366 g/mol. The summed E-state index contributed by atoms with van der Waals surface area (Å²) >= 11 is 6.46. The van der Waals surface area contributed by atoms with Crippen LogP contribution in [0.15, 0.2) is 71.6 Å². The number of halogens is 1. The van der Waals surface area contributed by atoms with E-state index in [1.165, 1.54) is 0 Å². The third-order valence-corrected chi connectivity index (χ3v) is 6.61.